The average molecular weight is 2050 g/mol. The van der Waals surface area contributed by atoms with Gasteiger partial charge in [0.05, 0.1) is 79.5 Å². The van der Waals surface area contributed by atoms with Crippen molar-refractivity contribution < 1.29 is 65.9 Å². The molecular formula is C95H124Cl4F4N20O10S4. The molecule has 42 heteroatoms. The van der Waals surface area contributed by atoms with Gasteiger partial charge in [-0.25, -0.2) is 57.4 Å². The van der Waals surface area contributed by atoms with Crippen LogP contribution in [-0.2, 0) is 0 Å². The van der Waals surface area contributed by atoms with E-state index in [1.54, 1.807) is 63.4 Å². The molecule has 0 aliphatic heterocycles. The van der Waals surface area contributed by atoms with Crippen molar-refractivity contribution in [1.82, 2.24) is 78.7 Å². The van der Waals surface area contributed by atoms with Crippen molar-refractivity contribution >= 4 is 169 Å². The zero-order valence-corrected chi connectivity index (χ0v) is 86.9. The Morgan fingerprint density at radius 1 is 0.423 bits per heavy atom. The van der Waals surface area contributed by atoms with Crippen LogP contribution in [0, 0.1) is 56.9 Å². The summed E-state index contributed by atoms with van der Waals surface area (Å²) in [6, 6.07) is 5.98. The fourth-order valence-electron chi connectivity index (χ4n) is 17.0. The zero-order chi connectivity index (χ0) is 97.3. The smallest absolute Gasteiger partial charge is 0.258 e. The van der Waals surface area contributed by atoms with Gasteiger partial charge in [0.25, 0.3) is 23.6 Å². The topological polar surface area (TPSA) is 419 Å². The van der Waals surface area contributed by atoms with Gasteiger partial charge in [0.1, 0.15) is 114 Å². The Morgan fingerprint density at radius 2 is 0.679 bits per heavy atom. The van der Waals surface area contributed by atoms with E-state index >= 15 is 17.6 Å². The molecule has 3 saturated carbocycles. The second-order valence-corrected chi connectivity index (χ2v) is 37.6. The number of fused-ring (bicyclic) bond motifs is 4. The van der Waals surface area contributed by atoms with Gasteiger partial charge in [0.15, 0.2) is 23.3 Å². The number of nitrogens with one attached hydrogen (secondary N) is 4. The van der Waals surface area contributed by atoms with E-state index in [4.69, 9.17) is 98.3 Å². The quantitative estimate of drug-likeness (QED) is 0.0225. The lowest BCUT2D eigenvalue weighted by Crippen LogP contribution is -2.57. The van der Waals surface area contributed by atoms with Gasteiger partial charge in [-0.1, -0.05) is 81.0 Å². The molecule has 8 aromatic heterocycles. The molecule has 30 nitrogen and oxygen atoms in total. The van der Waals surface area contributed by atoms with E-state index in [1.807, 2.05) is 135 Å². The number of halogens is 8. The largest absolute Gasteiger partial charge is 0.490 e. The first-order valence-electron chi connectivity index (χ1n) is 44.4. The number of imidazole rings is 4. The molecule has 0 radical (unpaired) electrons. The molecule has 744 valence electrons. The molecular weight excluding hydrogens is 1930 g/mol. The van der Waals surface area contributed by atoms with E-state index < -0.39 is 75.9 Å². The number of hydrogen-bond acceptors (Lipinski definition) is 22. The number of hydrogen-bond donors (Lipinski definition) is 10. The molecule has 137 heavy (non-hydrogen) atoms. The van der Waals surface area contributed by atoms with Gasteiger partial charge in [-0.15, -0.1) is 0 Å². The maximum atomic E-state index is 15.5. The van der Waals surface area contributed by atoms with Crippen LogP contribution < -0.4 is 63.1 Å². The number of carbonyl (C=O) groups is 4. The van der Waals surface area contributed by atoms with Gasteiger partial charge < -0.3 is 73.4 Å². The number of nitrogens with two attached hydrogens (primary N) is 4. The number of carbonyl (C=O) groups excluding carboxylic acids is 4. The van der Waals surface area contributed by atoms with Crippen molar-refractivity contribution in [2.45, 2.75) is 261 Å². The van der Waals surface area contributed by atoms with Crippen LogP contribution >= 0.6 is 100 Å². The Labute approximate surface area is 841 Å². The third-order valence-electron chi connectivity index (χ3n) is 23.7. The van der Waals surface area contributed by atoms with E-state index in [9.17, 15) is 29.4 Å². The molecule has 3 fully saturated rings. The van der Waals surface area contributed by atoms with E-state index in [0.717, 1.165) is 18.5 Å². The van der Waals surface area contributed by atoms with Gasteiger partial charge in [-0.3, -0.25) is 36.8 Å². The highest BCUT2D eigenvalue weighted by atomic mass is 35.5. The van der Waals surface area contributed by atoms with Crippen LogP contribution in [0.3, 0.4) is 0 Å². The number of ether oxygens (including phenoxy) is 4. The molecule has 12 aromatic rings. The Balaban J connectivity index is 0.000000222. The van der Waals surface area contributed by atoms with Crippen molar-refractivity contribution in [1.29, 1.82) is 0 Å². The molecule has 0 saturated heterocycles. The standard InChI is InChI=1S/C26H33ClFN5O3.C24H29ClFN5O3.C23H27ClFN5O2.C22H27ClFN5O2.4H2S/c1-13(2)36-22-17(14(3)24-31-15(4)21-23(29)30-10-11-33(21)24)12-18(27)20(28)19(22)25(35)32-26(5)8-6-16(34)7-9-26;1-11(2)34-20-15(12(3)22-29-13(4)19-21(27)28-6-7-31(19)22)8-16(25)18(26)17(20)23(33)30-24(5)9-14(32)10-24;1-11(2)32-20-15(9-16(24)18(25)17(20)23(31)28-10-14-5-6-14)12(3)22-29-13(4)19-21(26)27-7-8-30(19)22;1-6-7-27-22(30)16-17(24)15(23)10-14(19(16)31-11(2)3)12(4)21-28-13(5)18-20(25)26-8-9-29(18)21;;;;/h10-14,16,34H,6-9H2,1-5H3,(H2,29,30)(H,32,35);6-8,11-12,14,32H,9-10H2,1-5H3,(H2,27,28)(H,30,33);7-9,11-12,14H,5-6,10H2,1-4H3,(H2,26,27)(H,28,31);8-12H,6-7H2,1-5H3,(H2,25,26)(H,27,30);4*1H2/t14-,16?,26?;12-,14?,24?;2*12-;;;;/m0000..../s1. The van der Waals surface area contributed by atoms with Gasteiger partial charge >= 0.3 is 0 Å². The first kappa shape index (κ1) is 112. The number of amides is 4. The third kappa shape index (κ3) is 24.3. The predicted molar refractivity (Wildman–Crippen MR) is 548 cm³/mol. The van der Waals surface area contributed by atoms with E-state index in [-0.39, 0.29) is 162 Å². The normalized spacial score (nSPS) is 17.0. The van der Waals surface area contributed by atoms with Gasteiger partial charge in [0, 0.05) is 120 Å². The maximum Gasteiger partial charge on any atom is 0.258 e. The van der Waals surface area contributed by atoms with Crippen LogP contribution in [-0.4, -0.2) is 152 Å². The number of rotatable bonds is 26. The van der Waals surface area contributed by atoms with E-state index in [0.29, 0.717) is 172 Å². The summed E-state index contributed by atoms with van der Waals surface area (Å²) >= 11 is 25.1. The fraction of sp³-hybridized carbons (Fsp3) is 0.453. The van der Waals surface area contributed by atoms with Crippen LogP contribution in [0.5, 0.6) is 23.0 Å². The minimum Gasteiger partial charge on any atom is -0.490 e. The van der Waals surface area contributed by atoms with Crippen molar-refractivity contribution in [3.05, 3.63) is 208 Å². The summed E-state index contributed by atoms with van der Waals surface area (Å²) in [6.07, 6.45) is 17.2. The van der Waals surface area contributed by atoms with Gasteiger partial charge in [0.2, 0.25) is 0 Å². The van der Waals surface area contributed by atoms with Crippen molar-refractivity contribution in [3.8, 4) is 23.0 Å². The number of aromatic nitrogens is 12. The van der Waals surface area contributed by atoms with Crippen LogP contribution in [0.1, 0.15) is 295 Å². The Kier molecular flexibility index (Phi) is 37.9. The van der Waals surface area contributed by atoms with Crippen LogP contribution in [0.4, 0.5) is 40.8 Å². The average Bonchev–Trinajstić information content (AvgIpc) is 1.68. The lowest BCUT2D eigenvalue weighted by Gasteiger charge is -2.43. The second-order valence-electron chi connectivity index (χ2n) is 36.0. The number of benzene rings is 4. The second kappa shape index (κ2) is 46.3. The van der Waals surface area contributed by atoms with Crippen molar-refractivity contribution in [2.24, 2.45) is 5.92 Å². The van der Waals surface area contributed by atoms with E-state index in [2.05, 4.69) is 51.2 Å². The molecule has 3 aliphatic rings. The summed E-state index contributed by atoms with van der Waals surface area (Å²) in [4.78, 5) is 88.0. The number of nitrogen functional groups attached to an aromatic ring is 4. The zero-order valence-electron chi connectivity index (χ0n) is 79.9. The Bertz CT molecular complexity index is 6430. The number of aryl methyl sites for hydroxylation is 4. The summed E-state index contributed by atoms with van der Waals surface area (Å²) in [5.41, 5.74) is 30.0. The molecule has 0 unspecified atom stereocenters. The summed E-state index contributed by atoms with van der Waals surface area (Å²) in [6.45, 7) is 36.0. The number of aliphatic hydroxyl groups excluding tert-OH is 2. The minimum absolute atomic E-state index is 0. The molecule has 4 amide bonds. The number of anilines is 4. The Hall–Kier alpha value is -10.2. The Morgan fingerprint density at radius 3 is 0.927 bits per heavy atom. The molecule has 15 rings (SSSR count). The fourth-order valence-corrected chi connectivity index (χ4v) is 17.9. The lowest BCUT2D eigenvalue weighted by atomic mass is 9.76. The van der Waals surface area contributed by atoms with Crippen LogP contribution in [0.2, 0.25) is 20.1 Å². The first-order valence-corrected chi connectivity index (χ1v) is 45.9. The molecule has 8 heterocycles. The number of nitrogens with zero attached hydrogens (tertiary/aromatic N) is 12. The van der Waals surface area contributed by atoms with Gasteiger partial charge in [-0.05, 0) is 185 Å². The first-order chi connectivity index (χ1) is 62.7. The molecule has 14 N–H and O–H groups in total. The molecule has 3 aliphatic carbocycles. The monoisotopic (exact) mass is 2050 g/mol. The lowest BCUT2D eigenvalue weighted by molar-refractivity contribution is 0.0125. The van der Waals surface area contributed by atoms with Crippen LogP contribution in [0.25, 0.3) is 22.1 Å². The summed E-state index contributed by atoms with van der Waals surface area (Å²) in [5.74, 6) is -2.20. The summed E-state index contributed by atoms with van der Waals surface area (Å²) < 4.78 is 92.4. The highest BCUT2D eigenvalue weighted by Gasteiger charge is 2.44. The van der Waals surface area contributed by atoms with Crippen LogP contribution in [0.15, 0.2) is 73.8 Å². The van der Waals surface area contributed by atoms with Crippen molar-refractivity contribution in [2.75, 3.05) is 36.0 Å². The van der Waals surface area contributed by atoms with Crippen molar-refractivity contribution in [3.63, 3.8) is 0 Å². The molecule has 4 atom stereocenters. The SMILES string of the molecule is CCCNC(=O)c1c(F)c(Cl)cc([C@H](C)c2nc(C)c3c(N)nccn23)c1OC(C)C.Cc1nc([C@@H](C)c2cc(Cl)c(F)c(C(=O)NC3(C)CC(O)C3)c2OC(C)C)n2ccnc(N)c12.Cc1nc([C@@H](C)c2cc(Cl)c(F)c(C(=O)NC3(C)CCC(O)CC3)c2OC(C)C)n2ccnc(N)c12.Cc1nc([C@@H](C)c2cc(Cl)c(F)c(C(=O)NCC3CC3)c2OC(C)C)n2ccnc(N)c12.S.S.S.S. The molecule has 0 bridgehead atoms. The summed E-state index contributed by atoms with van der Waals surface area (Å²) in [7, 11) is 0. The minimum atomic E-state index is -0.855. The third-order valence-corrected chi connectivity index (χ3v) is 24.8. The predicted octanol–water partition coefficient (Wildman–Crippen LogP) is 18.2. The highest BCUT2D eigenvalue weighted by Crippen LogP contribution is 2.47. The van der Waals surface area contributed by atoms with E-state index in [1.165, 1.54) is 24.3 Å². The maximum absolute atomic E-state index is 15.5. The molecule has 0 spiro atoms. The summed E-state index contributed by atoms with van der Waals surface area (Å²) in [5, 5.41) is 30.3. The molecule has 4 aromatic carbocycles. The van der Waals surface area contributed by atoms with Gasteiger partial charge in [-0.2, -0.15) is 54.0 Å². The number of aliphatic hydroxyl groups is 2. The highest BCUT2D eigenvalue weighted by molar-refractivity contribution is 7.59.